The van der Waals surface area contributed by atoms with Gasteiger partial charge in [-0.15, -0.1) is 0 Å². The fourth-order valence-electron chi connectivity index (χ4n) is 1.63. The summed E-state index contributed by atoms with van der Waals surface area (Å²) < 4.78 is 0. The number of aromatic nitrogens is 1. The lowest BCUT2D eigenvalue weighted by molar-refractivity contribution is 0.0949. The first-order valence-corrected chi connectivity index (χ1v) is 6.55. The number of nitrogens with zero attached hydrogens (tertiary/aromatic N) is 1. The number of halogens is 2. The van der Waals surface area contributed by atoms with Gasteiger partial charge in [-0.2, -0.15) is 0 Å². The zero-order chi connectivity index (χ0) is 13.7. The molecule has 0 saturated heterocycles. The molecule has 2 rings (SSSR count). The Morgan fingerprint density at radius 3 is 2.68 bits per heavy atom. The lowest BCUT2D eigenvalue weighted by Gasteiger charge is -2.05. The Balaban J connectivity index is 1.87. The number of rotatable bonds is 4. The van der Waals surface area contributed by atoms with Crippen molar-refractivity contribution in [1.29, 1.82) is 0 Å². The molecule has 2 aromatic rings. The van der Waals surface area contributed by atoms with Gasteiger partial charge in [0, 0.05) is 22.8 Å². The van der Waals surface area contributed by atoms with Crippen molar-refractivity contribution >= 4 is 29.1 Å². The summed E-state index contributed by atoms with van der Waals surface area (Å²) in [5.41, 5.74) is 1.39. The Morgan fingerprint density at radius 2 is 1.95 bits per heavy atom. The van der Waals surface area contributed by atoms with E-state index in [9.17, 15) is 4.79 Å². The average molecular weight is 295 g/mol. The third-order valence-electron chi connectivity index (χ3n) is 2.54. The van der Waals surface area contributed by atoms with Crippen molar-refractivity contribution in [3.8, 4) is 0 Å². The second-order valence-corrected chi connectivity index (χ2v) is 4.87. The summed E-state index contributed by atoms with van der Waals surface area (Å²) >= 11 is 11.7. The Hall–Kier alpha value is -1.58. The van der Waals surface area contributed by atoms with Crippen LogP contribution in [-0.2, 0) is 6.42 Å². The van der Waals surface area contributed by atoms with Crippen LogP contribution in [0.2, 0.25) is 10.0 Å². The van der Waals surface area contributed by atoms with Crippen LogP contribution in [0.25, 0.3) is 0 Å². The van der Waals surface area contributed by atoms with Crippen molar-refractivity contribution in [2.45, 2.75) is 6.42 Å². The molecule has 0 radical (unpaired) electrons. The number of hydrogen-bond donors (Lipinski definition) is 1. The fraction of sp³-hybridized carbons (Fsp3) is 0.143. The summed E-state index contributed by atoms with van der Waals surface area (Å²) in [6, 6.07) is 10.7. The summed E-state index contributed by atoms with van der Waals surface area (Å²) in [4.78, 5) is 15.8. The van der Waals surface area contributed by atoms with Crippen LogP contribution in [0.5, 0.6) is 0 Å². The first-order valence-electron chi connectivity index (χ1n) is 5.79. The topological polar surface area (TPSA) is 42.0 Å². The molecular weight excluding hydrogens is 283 g/mol. The van der Waals surface area contributed by atoms with Gasteiger partial charge in [-0.1, -0.05) is 35.3 Å². The molecule has 3 nitrogen and oxygen atoms in total. The number of pyridine rings is 1. The first kappa shape index (κ1) is 13.8. The van der Waals surface area contributed by atoms with Gasteiger partial charge in [0.05, 0.1) is 0 Å². The van der Waals surface area contributed by atoms with Crippen molar-refractivity contribution in [2.24, 2.45) is 0 Å². The van der Waals surface area contributed by atoms with E-state index in [0.717, 1.165) is 5.56 Å². The second-order valence-electron chi connectivity index (χ2n) is 4.00. The van der Waals surface area contributed by atoms with E-state index in [2.05, 4.69) is 10.3 Å². The van der Waals surface area contributed by atoms with Gasteiger partial charge in [-0.05, 0) is 36.2 Å². The van der Waals surface area contributed by atoms with Crippen LogP contribution in [0, 0.1) is 0 Å². The predicted octanol–water partition coefficient (Wildman–Crippen LogP) is 3.36. The average Bonchev–Trinajstić information content (AvgIpc) is 2.38. The minimum atomic E-state index is -0.232. The summed E-state index contributed by atoms with van der Waals surface area (Å²) in [5.74, 6) is -0.232. The van der Waals surface area contributed by atoms with Gasteiger partial charge in [0.15, 0.2) is 0 Å². The van der Waals surface area contributed by atoms with Crippen molar-refractivity contribution < 1.29 is 4.79 Å². The molecule has 5 heteroatoms. The number of nitrogens with one attached hydrogen (secondary N) is 1. The molecule has 0 fully saturated rings. The van der Waals surface area contributed by atoms with Gasteiger partial charge >= 0.3 is 0 Å². The van der Waals surface area contributed by atoms with Crippen LogP contribution in [0.15, 0.2) is 42.6 Å². The smallest absolute Gasteiger partial charge is 0.269 e. The monoisotopic (exact) mass is 294 g/mol. The SMILES string of the molecule is O=C(NCCc1cccc(Cl)c1)c1cc(Cl)ccn1. The van der Waals surface area contributed by atoms with Gasteiger partial charge in [0.25, 0.3) is 5.91 Å². The second kappa shape index (κ2) is 6.55. The highest BCUT2D eigenvalue weighted by Gasteiger charge is 2.06. The van der Waals surface area contributed by atoms with E-state index in [1.165, 1.54) is 12.3 Å². The number of benzene rings is 1. The quantitative estimate of drug-likeness (QED) is 0.939. The van der Waals surface area contributed by atoms with Crippen molar-refractivity contribution in [1.82, 2.24) is 10.3 Å². The lowest BCUT2D eigenvalue weighted by atomic mass is 10.1. The van der Waals surface area contributed by atoms with Crippen LogP contribution >= 0.6 is 23.2 Å². The van der Waals surface area contributed by atoms with Gasteiger partial charge in [0.2, 0.25) is 0 Å². The molecule has 1 heterocycles. The van der Waals surface area contributed by atoms with E-state index in [1.807, 2.05) is 24.3 Å². The van der Waals surface area contributed by atoms with Gasteiger partial charge < -0.3 is 5.32 Å². The van der Waals surface area contributed by atoms with Crippen molar-refractivity contribution in [3.05, 3.63) is 63.9 Å². The maximum Gasteiger partial charge on any atom is 0.269 e. The number of carbonyl (C=O) groups is 1. The van der Waals surface area contributed by atoms with E-state index in [0.29, 0.717) is 28.7 Å². The highest BCUT2D eigenvalue weighted by molar-refractivity contribution is 6.31. The zero-order valence-corrected chi connectivity index (χ0v) is 11.6. The minimum Gasteiger partial charge on any atom is -0.350 e. The van der Waals surface area contributed by atoms with E-state index in [-0.39, 0.29) is 5.91 Å². The third-order valence-corrected chi connectivity index (χ3v) is 3.01. The molecule has 1 aromatic heterocycles. The molecule has 0 bridgehead atoms. The van der Waals surface area contributed by atoms with Crippen molar-refractivity contribution in [2.75, 3.05) is 6.54 Å². The molecule has 0 aliphatic rings. The maximum atomic E-state index is 11.8. The van der Waals surface area contributed by atoms with E-state index in [4.69, 9.17) is 23.2 Å². The van der Waals surface area contributed by atoms with Gasteiger partial charge in [-0.25, -0.2) is 0 Å². The van der Waals surface area contributed by atoms with Crippen LogP contribution in [0.3, 0.4) is 0 Å². The lowest BCUT2D eigenvalue weighted by Crippen LogP contribution is -2.26. The van der Waals surface area contributed by atoms with Crippen LogP contribution in [0.1, 0.15) is 16.1 Å². The molecule has 19 heavy (non-hydrogen) atoms. The molecule has 1 amide bonds. The molecule has 98 valence electrons. The largest absolute Gasteiger partial charge is 0.350 e. The molecule has 0 unspecified atom stereocenters. The summed E-state index contributed by atoms with van der Waals surface area (Å²) in [5, 5.41) is 3.98. The molecule has 1 aromatic carbocycles. The van der Waals surface area contributed by atoms with Crippen LogP contribution in [0.4, 0.5) is 0 Å². The summed E-state index contributed by atoms with van der Waals surface area (Å²) in [6.07, 6.45) is 2.22. The highest BCUT2D eigenvalue weighted by Crippen LogP contribution is 2.11. The Kier molecular flexibility index (Phi) is 4.77. The highest BCUT2D eigenvalue weighted by atomic mass is 35.5. The first-order chi connectivity index (χ1) is 9.15. The molecule has 1 N–H and O–H groups in total. The fourth-order valence-corrected chi connectivity index (χ4v) is 2.00. The third kappa shape index (κ3) is 4.23. The molecule has 0 aliphatic heterocycles. The van der Waals surface area contributed by atoms with E-state index >= 15 is 0 Å². The number of amides is 1. The van der Waals surface area contributed by atoms with Crippen LogP contribution < -0.4 is 5.32 Å². The maximum absolute atomic E-state index is 11.8. The molecule has 0 spiro atoms. The van der Waals surface area contributed by atoms with Gasteiger partial charge in [0.1, 0.15) is 5.69 Å². The van der Waals surface area contributed by atoms with E-state index < -0.39 is 0 Å². The Labute approximate surface area is 121 Å². The zero-order valence-electron chi connectivity index (χ0n) is 10.1. The van der Waals surface area contributed by atoms with Crippen molar-refractivity contribution in [3.63, 3.8) is 0 Å². The molecule has 0 atom stereocenters. The predicted molar refractivity (Wildman–Crippen MR) is 76.7 cm³/mol. The Morgan fingerprint density at radius 1 is 1.16 bits per heavy atom. The van der Waals surface area contributed by atoms with E-state index in [1.54, 1.807) is 6.07 Å². The Bertz CT molecular complexity index is 587. The molecule has 0 saturated carbocycles. The minimum absolute atomic E-state index is 0.232. The molecular formula is C14H12Cl2N2O. The normalized spacial score (nSPS) is 10.2. The van der Waals surface area contributed by atoms with Crippen LogP contribution in [-0.4, -0.2) is 17.4 Å². The summed E-state index contributed by atoms with van der Waals surface area (Å²) in [7, 11) is 0. The number of hydrogen-bond acceptors (Lipinski definition) is 2. The van der Waals surface area contributed by atoms with Gasteiger partial charge in [-0.3, -0.25) is 9.78 Å². The summed E-state index contributed by atoms with van der Waals surface area (Å²) in [6.45, 7) is 0.521. The number of carbonyl (C=O) groups excluding carboxylic acids is 1. The molecule has 0 aliphatic carbocycles. The standard InChI is InChI=1S/C14H12Cl2N2O/c15-11-3-1-2-10(8-11)4-6-18-14(19)13-9-12(16)5-7-17-13/h1-3,5,7-9H,4,6H2,(H,18,19).